The number of hydrogen-bond donors (Lipinski definition) is 0. The van der Waals surface area contributed by atoms with E-state index in [9.17, 15) is 0 Å². The van der Waals surface area contributed by atoms with Crippen molar-refractivity contribution in [3.63, 3.8) is 0 Å². The molecule has 0 saturated carbocycles. The monoisotopic (exact) mass is 204 g/mol. The first-order valence-corrected chi connectivity index (χ1v) is 4.17. The van der Waals surface area contributed by atoms with E-state index in [1.165, 1.54) is 0 Å². The maximum absolute atomic E-state index is 4.99. The van der Waals surface area contributed by atoms with Crippen LogP contribution in [0.25, 0.3) is 0 Å². The average Bonchev–Trinajstić information content (AvgIpc) is 2.19. The summed E-state index contributed by atoms with van der Waals surface area (Å²) >= 11 is 0. The molecule has 0 radical (unpaired) electrons. The van der Waals surface area contributed by atoms with Gasteiger partial charge in [0.2, 0.25) is 0 Å². The van der Waals surface area contributed by atoms with Crippen molar-refractivity contribution in [2.45, 2.75) is 13.3 Å². The van der Waals surface area contributed by atoms with Gasteiger partial charge in [0.1, 0.15) is 0 Å². The van der Waals surface area contributed by atoms with Gasteiger partial charge in [0.15, 0.2) is 0 Å². The molecule has 0 aliphatic rings. The molecular weight excluding hydrogens is 188 g/mol. The summed E-state index contributed by atoms with van der Waals surface area (Å²) < 4.78 is 9.97. The molecule has 2 nitrogen and oxygen atoms in total. The van der Waals surface area contributed by atoms with Gasteiger partial charge in [-0.2, -0.15) is 18.6 Å². The zero-order valence-corrected chi connectivity index (χ0v) is 10.6. The van der Waals surface area contributed by atoms with Gasteiger partial charge in [0, 0.05) is 5.75 Å². The van der Waals surface area contributed by atoms with Crippen molar-refractivity contribution < 1.29 is 9.47 Å². The molecule has 0 heterocycles. The fraction of sp³-hybridized carbons (Fsp3) is 0.364. The Hall–Kier alpha value is -0.414. The Labute approximate surface area is 103 Å². The van der Waals surface area contributed by atoms with Crippen LogP contribution in [0.15, 0.2) is 18.2 Å². The molecule has 0 aliphatic carbocycles. The van der Waals surface area contributed by atoms with Crippen molar-refractivity contribution >= 4 is 23.1 Å². The summed E-state index contributed by atoms with van der Waals surface area (Å²) in [4.78, 5) is 0. The van der Waals surface area contributed by atoms with Crippen LogP contribution >= 0.6 is 0 Å². The Kier molecular flexibility index (Phi) is 12.2. The molecule has 0 atom stereocenters. The van der Waals surface area contributed by atoms with E-state index in [2.05, 4.69) is 13.0 Å². The molecule has 0 saturated heterocycles. The standard InChI is InChI=1S/C8H9O2.C3H7.Mg/c1-9-7-5-3-4-6-8(7)10-2;1-3-2;/h3,5-6H,1-2H3;1,3H2,2H3;/q2*-1;+2. The molecule has 1 aromatic rings. The molecule has 0 unspecified atom stereocenters. The first kappa shape index (κ1) is 16.0. The molecule has 0 amide bonds. The van der Waals surface area contributed by atoms with E-state index in [4.69, 9.17) is 9.47 Å². The van der Waals surface area contributed by atoms with Crippen LogP contribution in [-0.2, 0) is 0 Å². The molecule has 74 valence electrons. The van der Waals surface area contributed by atoms with Gasteiger partial charge < -0.3 is 16.4 Å². The second-order valence-electron chi connectivity index (χ2n) is 2.28. The third-order valence-electron chi connectivity index (χ3n) is 1.23. The van der Waals surface area contributed by atoms with Gasteiger partial charge in [-0.05, 0) is 0 Å². The Balaban J connectivity index is 0. The first-order chi connectivity index (χ1) is 6.29. The predicted octanol–water partition coefficient (Wildman–Crippen LogP) is 2.35. The van der Waals surface area contributed by atoms with Crippen LogP contribution in [0.1, 0.15) is 13.3 Å². The molecule has 0 N–H and O–H groups in total. The zero-order chi connectivity index (χ0) is 10.1. The molecule has 0 aliphatic heterocycles. The molecule has 1 rings (SSSR count). The van der Waals surface area contributed by atoms with E-state index in [1.54, 1.807) is 32.4 Å². The number of ether oxygens (including phenoxy) is 2. The minimum absolute atomic E-state index is 0. The maximum atomic E-state index is 4.99. The van der Waals surface area contributed by atoms with Gasteiger partial charge in [-0.3, -0.25) is 0 Å². The van der Waals surface area contributed by atoms with Gasteiger partial charge in [-0.15, -0.1) is 12.1 Å². The third kappa shape index (κ3) is 6.10. The minimum atomic E-state index is 0. The molecule has 0 aromatic heterocycles. The number of hydrogen-bond acceptors (Lipinski definition) is 2. The van der Waals surface area contributed by atoms with Gasteiger partial charge in [-0.1, -0.05) is 6.92 Å². The van der Waals surface area contributed by atoms with Crippen molar-refractivity contribution in [2.24, 2.45) is 0 Å². The second-order valence-corrected chi connectivity index (χ2v) is 2.28. The van der Waals surface area contributed by atoms with E-state index >= 15 is 0 Å². The Morgan fingerprint density at radius 1 is 1.29 bits per heavy atom. The number of benzene rings is 1. The number of rotatable bonds is 2. The minimum Gasteiger partial charge on any atom is -0.551 e. The van der Waals surface area contributed by atoms with Crippen molar-refractivity contribution in [3.05, 3.63) is 31.2 Å². The van der Waals surface area contributed by atoms with E-state index < -0.39 is 0 Å². The normalized spacial score (nSPS) is 7.71. The Bertz CT molecular complexity index is 203. The molecule has 0 bridgehead atoms. The smallest absolute Gasteiger partial charge is 0.551 e. The summed E-state index contributed by atoms with van der Waals surface area (Å²) in [6.07, 6.45) is 1.00. The average molecular weight is 205 g/mol. The molecule has 1 aromatic carbocycles. The van der Waals surface area contributed by atoms with Crippen molar-refractivity contribution in [1.29, 1.82) is 0 Å². The van der Waals surface area contributed by atoms with E-state index in [0.29, 0.717) is 5.75 Å². The van der Waals surface area contributed by atoms with Crippen LogP contribution in [0.3, 0.4) is 0 Å². The summed E-state index contributed by atoms with van der Waals surface area (Å²) in [6.45, 7) is 5.50. The Morgan fingerprint density at radius 2 is 1.79 bits per heavy atom. The fourth-order valence-electron chi connectivity index (χ4n) is 0.729. The van der Waals surface area contributed by atoms with Gasteiger partial charge in [0.25, 0.3) is 0 Å². The molecular formula is C11H16MgO2. The summed E-state index contributed by atoms with van der Waals surface area (Å²) in [6, 6.07) is 8.20. The number of methoxy groups -OCH3 is 2. The molecule has 3 heteroatoms. The Morgan fingerprint density at radius 3 is 2.14 bits per heavy atom. The molecule has 0 spiro atoms. The van der Waals surface area contributed by atoms with Crippen LogP contribution < -0.4 is 9.47 Å². The SMILES string of the molecule is COc1c[c-]ccc1OC.[CH2-]CC.[Mg+2]. The predicted molar refractivity (Wildman–Crippen MR) is 59.8 cm³/mol. The van der Waals surface area contributed by atoms with Crippen LogP contribution in [0.5, 0.6) is 11.5 Å². The molecule has 0 fully saturated rings. The summed E-state index contributed by atoms with van der Waals surface area (Å²) in [7, 11) is 3.21. The van der Waals surface area contributed by atoms with E-state index in [-0.39, 0.29) is 23.1 Å². The van der Waals surface area contributed by atoms with Crippen LogP contribution in [0, 0.1) is 13.0 Å². The van der Waals surface area contributed by atoms with E-state index in [1.807, 2.05) is 6.92 Å². The third-order valence-corrected chi connectivity index (χ3v) is 1.23. The first-order valence-electron chi connectivity index (χ1n) is 4.17. The van der Waals surface area contributed by atoms with Crippen LogP contribution in [-0.4, -0.2) is 37.3 Å². The summed E-state index contributed by atoms with van der Waals surface area (Å²) in [5.74, 6) is 1.45. The van der Waals surface area contributed by atoms with Crippen LogP contribution in [0.2, 0.25) is 0 Å². The summed E-state index contributed by atoms with van der Waals surface area (Å²) in [5.41, 5.74) is 0. The van der Waals surface area contributed by atoms with Crippen molar-refractivity contribution in [3.8, 4) is 11.5 Å². The second kappa shape index (κ2) is 10.7. The fourth-order valence-corrected chi connectivity index (χ4v) is 0.729. The largest absolute Gasteiger partial charge is 2.00 e. The summed E-state index contributed by atoms with van der Waals surface area (Å²) in [5, 5.41) is 0. The van der Waals surface area contributed by atoms with Gasteiger partial charge in [-0.25, -0.2) is 0 Å². The van der Waals surface area contributed by atoms with Gasteiger partial charge in [0.05, 0.1) is 20.0 Å². The topological polar surface area (TPSA) is 18.5 Å². The van der Waals surface area contributed by atoms with Crippen LogP contribution in [0.4, 0.5) is 0 Å². The molecule has 14 heavy (non-hydrogen) atoms. The zero-order valence-electron chi connectivity index (χ0n) is 9.17. The van der Waals surface area contributed by atoms with Gasteiger partial charge >= 0.3 is 23.1 Å². The van der Waals surface area contributed by atoms with Crippen molar-refractivity contribution in [1.82, 2.24) is 0 Å². The quantitative estimate of drug-likeness (QED) is 0.544. The maximum Gasteiger partial charge on any atom is 2.00 e. The van der Waals surface area contributed by atoms with Crippen molar-refractivity contribution in [2.75, 3.05) is 14.2 Å². The van der Waals surface area contributed by atoms with E-state index in [0.717, 1.165) is 12.2 Å².